The van der Waals surface area contributed by atoms with Gasteiger partial charge in [-0.15, -0.1) is 0 Å². The molecule has 6 nitrogen and oxygen atoms in total. The lowest BCUT2D eigenvalue weighted by Crippen LogP contribution is -2.49. The third kappa shape index (κ3) is 5.47. The monoisotopic (exact) mass is 297 g/mol. The van der Waals surface area contributed by atoms with Gasteiger partial charge in [-0.05, 0) is 39.8 Å². The Bertz CT molecular complexity index is 541. The first-order chi connectivity index (χ1) is 9.60. The third-order valence-corrected chi connectivity index (χ3v) is 2.73. The molecule has 0 saturated heterocycles. The lowest BCUT2D eigenvalue weighted by molar-refractivity contribution is -0.385. The normalized spacial score (nSPS) is 12.8. The van der Waals surface area contributed by atoms with E-state index < -0.39 is 16.8 Å². The molecule has 1 aromatic carbocycles. The van der Waals surface area contributed by atoms with Gasteiger partial charge >= 0.3 is 0 Å². The molecule has 116 valence electrons. The van der Waals surface area contributed by atoms with Gasteiger partial charge in [-0.3, -0.25) is 14.9 Å². The van der Waals surface area contributed by atoms with E-state index in [0.29, 0.717) is 0 Å². The van der Waals surface area contributed by atoms with Crippen LogP contribution >= 0.6 is 0 Å². The van der Waals surface area contributed by atoms with Crippen LogP contribution in [0.5, 0.6) is 0 Å². The van der Waals surface area contributed by atoms with Gasteiger partial charge in [0, 0.05) is 23.7 Å². The zero-order valence-electron chi connectivity index (χ0n) is 12.6. The van der Waals surface area contributed by atoms with Crippen molar-refractivity contribution in [3.8, 4) is 0 Å². The van der Waals surface area contributed by atoms with E-state index >= 15 is 0 Å². The zero-order valence-corrected chi connectivity index (χ0v) is 12.6. The zero-order chi connectivity index (χ0) is 16.2. The maximum atomic E-state index is 13.2. The van der Waals surface area contributed by atoms with Crippen LogP contribution in [0, 0.1) is 15.9 Å². The minimum atomic E-state index is -0.573. The molecular formula is C14H20FN3O3. The van der Waals surface area contributed by atoms with Gasteiger partial charge in [-0.25, -0.2) is 4.39 Å². The molecule has 0 radical (unpaired) electrons. The highest BCUT2D eigenvalue weighted by Gasteiger charge is 2.20. The molecule has 0 heterocycles. The van der Waals surface area contributed by atoms with Crippen molar-refractivity contribution in [1.29, 1.82) is 0 Å². The van der Waals surface area contributed by atoms with E-state index in [1.165, 1.54) is 0 Å². The van der Waals surface area contributed by atoms with Crippen molar-refractivity contribution in [3.05, 3.63) is 39.7 Å². The largest absolute Gasteiger partial charge is 0.350 e. The summed E-state index contributed by atoms with van der Waals surface area (Å²) in [5.74, 6) is -0.772. The van der Waals surface area contributed by atoms with Crippen LogP contribution in [0.2, 0.25) is 0 Å². The molecule has 2 N–H and O–H groups in total. The minimum Gasteiger partial charge on any atom is -0.350 e. The lowest BCUT2D eigenvalue weighted by atomic mass is 10.1. The van der Waals surface area contributed by atoms with E-state index in [1.807, 2.05) is 20.8 Å². The summed E-state index contributed by atoms with van der Waals surface area (Å²) in [4.78, 5) is 22.2. The van der Waals surface area contributed by atoms with Gasteiger partial charge in [-0.2, -0.15) is 0 Å². The van der Waals surface area contributed by atoms with E-state index in [1.54, 1.807) is 6.92 Å². The number of nitro benzene ring substituents is 1. The fourth-order valence-corrected chi connectivity index (χ4v) is 1.71. The molecule has 0 saturated carbocycles. The van der Waals surface area contributed by atoms with Gasteiger partial charge in [0.25, 0.3) is 5.69 Å². The van der Waals surface area contributed by atoms with Crippen molar-refractivity contribution in [2.45, 2.75) is 45.8 Å². The van der Waals surface area contributed by atoms with Gasteiger partial charge in [0.15, 0.2) is 0 Å². The molecule has 0 aliphatic rings. The van der Waals surface area contributed by atoms with Crippen LogP contribution in [-0.2, 0) is 11.3 Å². The van der Waals surface area contributed by atoms with Crippen molar-refractivity contribution in [3.63, 3.8) is 0 Å². The average Bonchev–Trinajstić information content (AvgIpc) is 2.33. The predicted molar refractivity (Wildman–Crippen MR) is 77.3 cm³/mol. The van der Waals surface area contributed by atoms with Crippen LogP contribution in [0.3, 0.4) is 0 Å². The summed E-state index contributed by atoms with van der Waals surface area (Å²) in [6.07, 6.45) is 0. The first kappa shape index (κ1) is 17.0. The summed E-state index contributed by atoms with van der Waals surface area (Å²) >= 11 is 0. The minimum absolute atomic E-state index is 0.0345. The highest BCUT2D eigenvalue weighted by molar-refractivity contribution is 5.81. The number of benzene rings is 1. The van der Waals surface area contributed by atoms with Gasteiger partial charge < -0.3 is 10.6 Å². The Morgan fingerprint density at radius 3 is 2.57 bits per heavy atom. The average molecular weight is 297 g/mol. The Kier molecular flexibility index (Phi) is 5.37. The number of nitrogens with zero attached hydrogens (tertiary/aromatic N) is 1. The Hall–Kier alpha value is -2.02. The molecule has 0 bridgehead atoms. The number of halogens is 1. The van der Waals surface area contributed by atoms with Gasteiger partial charge in [-0.1, -0.05) is 0 Å². The van der Waals surface area contributed by atoms with Crippen molar-refractivity contribution in [2.75, 3.05) is 0 Å². The topological polar surface area (TPSA) is 84.3 Å². The fourth-order valence-electron chi connectivity index (χ4n) is 1.71. The van der Waals surface area contributed by atoms with Crippen LogP contribution in [0.1, 0.15) is 33.3 Å². The smallest absolute Gasteiger partial charge is 0.274 e. The summed E-state index contributed by atoms with van der Waals surface area (Å²) in [7, 11) is 0. The molecule has 0 spiro atoms. The second-order valence-electron chi connectivity index (χ2n) is 5.87. The first-order valence-corrected chi connectivity index (χ1v) is 6.58. The first-order valence-electron chi connectivity index (χ1n) is 6.58. The fraction of sp³-hybridized carbons (Fsp3) is 0.500. The number of nitro groups is 1. The van der Waals surface area contributed by atoms with E-state index in [4.69, 9.17) is 0 Å². The number of rotatable bonds is 5. The third-order valence-electron chi connectivity index (χ3n) is 2.73. The van der Waals surface area contributed by atoms with Crippen molar-refractivity contribution in [2.24, 2.45) is 0 Å². The Morgan fingerprint density at radius 2 is 2.05 bits per heavy atom. The second kappa shape index (κ2) is 6.62. The summed E-state index contributed by atoms with van der Waals surface area (Å²) in [5, 5.41) is 16.5. The van der Waals surface area contributed by atoms with Gasteiger partial charge in [0.2, 0.25) is 5.91 Å². The molecule has 0 aliphatic carbocycles. The van der Waals surface area contributed by atoms with E-state index in [-0.39, 0.29) is 29.2 Å². The highest BCUT2D eigenvalue weighted by Crippen LogP contribution is 2.19. The van der Waals surface area contributed by atoms with Crippen molar-refractivity contribution < 1.29 is 14.1 Å². The maximum absolute atomic E-state index is 13.2. The van der Waals surface area contributed by atoms with Crippen molar-refractivity contribution in [1.82, 2.24) is 10.6 Å². The molecule has 1 unspecified atom stereocenters. The molecule has 1 atom stereocenters. The summed E-state index contributed by atoms with van der Waals surface area (Å²) in [5.41, 5.74) is -0.333. The molecule has 21 heavy (non-hydrogen) atoms. The van der Waals surface area contributed by atoms with Gasteiger partial charge in [0.05, 0.1) is 11.0 Å². The molecule has 0 fully saturated rings. The lowest BCUT2D eigenvalue weighted by Gasteiger charge is -2.23. The molecule has 0 aliphatic heterocycles. The quantitative estimate of drug-likeness (QED) is 0.644. The standard InChI is InChI=1S/C14H20FN3O3/c1-9(13(19)17-14(2,3)4)16-8-10-7-11(15)5-6-12(10)18(20)21/h5-7,9,16H,8H2,1-4H3,(H,17,19). The summed E-state index contributed by atoms with van der Waals surface area (Å²) in [6.45, 7) is 7.25. The Labute approximate surface area is 122 Å². The number of hydrogen-bond acceptors (Lipinski definition) is 4. The van der Waals surface area contributed by atoms with E-state index in [0.717, 1.165) is 18.2 Å². The molecule has 1 amide bonds. The molecular weight excluding hydrogens is 277 g/mol. The number of amides is 1. The number of hydrogen-bond donors (Lipinski definition) is 2. The Morgan fingerprint density at radius 1 is 1.43 bits per heavy atom. The number of nitrogens with one attached hydrogen (secondary N) is 2. The van der Waals surface area contributed by atoms with Crippen LogP contribution in [0.15, 0.2) is 18.2 Å². The molecule has 1 aromatic rings. The van der Waals surface area contributed by atoms with E-state index in [2.05, 4.69) is 10.6 Å². The predicted octanol–water partition coefficient (Wildman–Crippen LogP) is 2.13. The van der Waals surface area contributed by atoms with Crippen LogP contribution < -0.4 is 10.6 Å². The molecule has 0 aromatic heterocycles. The summed E-state index contributed by atoms with van der Waals surface area (Å²) in [6, 6.07) is 2.70. The number of carbonyl (C=O) groups excluding carboxylic acids is 1. The maximum Gasteiger partial charge on any atom is 0.274 e. The molecule has 7 heteroatoms. The summed E-state index contributed by atoms with van der Waals surface area (Å²) < 4.78 is 13.2. The Balaban J connectivity index is 2.73. The second-order valence-corrected chi connectivity index (χ2v) is 5.87. The van der Waals surface area contributed by atoms with Gasteiger partial charge in [0.1, 0.15) is 5.82 Å². The van der Waals surface area contributed by atoms with E-state index in [9.17, 15) is 19.3 Å². The van der Waals surface area contributed by atoms with Crippen LogP contribution in [0.25, 0.3) is 0 Å². The number of carbonyl (C=O) groups is 1. The van der Waals surface area contributed by atoms with Crippen molar-refractivity contribution >= 4 is 11.6 Å². The van der Waals surface area contributed by atoms with Crippen LogP contribution in [0.4, 0.5) is 10.1 Å². The molecule has 1 rings (SSSR count). The SMILES string of the molecule is CC(NCc1cc(F)ccc1[N+](=O)[O-])C(=O)NC(C)(C)C. The highest BCUT2D eigenvalue weighted by atomic mass is 19.1. The van der Waals surface area contributed by atoms with Crippen LogP contribution in [-0.4, -0.2) is 22.4 Å².